The summed E-state index contributed by atoms with van der Waals surface area (Å²) in [4.78, 5) is 13.3. The number of carbonyl (C=O) groups excluding carboxylic acids is 1. The van der Waals surface area contributed by atoms with Crippen molar-refractivity contribution in [2.45, 2.75) is 109 Å². The van der Waals surface area contributed by atoms with Crippen molar-refractivity contribution in [3.63, 3.8) is 0 Å². The molecule has 2 aliphatic heterocycles. The number of allylic oxidation sites excluding steroid dienone is 7. The summed E-state index contributed by atoms with van der Waals surface area (Å²) < 4.78 is 28.7. The van der Waals surface area contributed by atoms with Gasteiger partial charge in [-0.1, -0.05) is 67.2 Å². The summed E-state index contributed by atoms with van der Waals surface area (Å²) in [5.74, 6) is -0.166. The Bertz CT molecular complexity index is 1010. The number of cyclic esters (lactones) is 1. The van der Waals surface area contributed by atoms with Crippen LogP contribution >= 0.6 is 0 Å². The highest BCUT2D eigenvalue weighted by molar-refractivity contribution is 5.70. The molecule has 2 rings (SSSR count). The molecular formula is C34H52O9. The van der Waals surface area contributed by atoms with E-state index in [0.29, 0.717) is 18.8 Å². The van der Waals surface area contributed by atoms with Gasteiger partial charge in [-0.05, 0) is 57.6 Å². The zero-order valence-corrected chi connectivity index (χ0v) is 26.5. The molecule has 43 heavy (non-hydrogen) atoms. The van der Waals surface area contributed by atoms with Crippen LogP contribution in [0.25, 0.3) is 0 Å². The topological polar surface area (TPSA) is 124 Å². The first kappa shape index (κ1) is 36.8. The minimum absolute atomic E-state index is 0.154. The van der Waals surface area contributed by atoms with E-state index in [1.807, 2.05) is 63.3 Å². The second-order valence-corrected chi connectivity index (χ2v) is 11.2. The maximum atomic E-state index is 13.3. The quantitative estimate of drug-likeness (QED) is 0.272. The fourth-order valence-electron chi connectivity index (χ4n) is 5.11. The van der Waals surface area contributed by atoms with Gasteiger partial charge in [0.2, 0.25) is 0 Å². The zero-order chi connectivity index (χ0) is 31.8. The lowest BCUT2D eigenvalue weighted by molar-refractivity contribution is -0.311. The number of carbonyl (C=O) groups is 1. The third kappa shape index (κ3) is 12.6. The summed E-state index contributed by atoms with van der Waals surface area (Å²) in [7, 11) is 3.01. The van der Waals surface area contributed by atoms with E-state index in [2.05, 4.69) is 19.1 Å². The highest BCUT2D eigenvalue weighted by atomic mass is 16.7. The van der Waals surface area contributed by atoms with Gasteiger partial charge in [0, 0.05) is 20.6 Å². The van der Waals surface area contributed by atoms with Gasteiger partial charge in [0.15, 0.2) is 6.29 Å². The first-order chi connectivity index (χ1) is 20.6. The van der Waals surface area contributed by atoms with Crippen molar-refractivity contribution in [1.82, 2.24) is 0 Å². The Balaban J connectivity index is 2.38. The van der Waals surface area contributed by atoms with Crippen molar-refractivity contribution in [2.75, 3.05) is 20.8 Å². The van der Waals surface area contributed by atoms with Gasteiger partial charge < -0.3 is 39.0 Å². The monoisotopic (exact) mass is 604 g/mol. The molecule has 0 aliphatic carbocycles. The Morgan fingerprint density at radius 2 is 1.79 bits per heavy atom. The fraction of sp³-hybridized carbons (Fsp3) is 0.618. The Hall–Kier alpha value is -2.37. The molecule has 2 aliphatic rings. The summed E-state index contributed by atoms with van der Waals surface area (Å²) in [5.41, 5.74) is 2.17. The minimum atomic E-state index is -1.36. The molecule has 1 fully saturated rings. The number of aliphatic hydroxyl groups is 3. The summed E-state index contributed by atoms with van der Waals surface area (Å²) in [5, 5.41) is 31.0. The van der Waals surface area contributed by atoms with Crippen LogP contribution in [0.3, 0.4) is 0 Å². The summed E-state index contributed by atoms with van der Waals surface area (Å²) in [6, 6.07) is 0. The molecule has 0 saturated carbocycles. The van der Waals surface area contributed by atoms with Gasteiger partial charge in [0.05, 0.1) is 25.2 Å². The smallest absolute Gasteiger partial charge is 0.309 e. The van der Waals surface area contributed by atoms with E-state index in [1.165, 1.54) is 7.11 Å². The molecule has 0 spiro atoms. The third-order valence-corrected chi connectivity index (χ3v) is 7.50. The lowest BCUT2D eigenvalue weighted by atomic mass is 9.98. The zero-order valence-electron chi connectivity index (χ0n) is 26.5. The average Bonchev–Trinajstić information content (AvgIpc) is 2.96. The van der Waals surface area contributed by atoms with Crippen LogP contribution in [0, 0.1) is 5.92 Å². The molecule has 0 unspecified atom stereocenters. The number of aliphatic hydroxyl groups excluding tert-OH is 3. The second kappa shape index (κ2) is 19.8. The first-order valence-electron chi connectivity index (χ1n) is 15.1. The van der Waals surface area contributed by atoms with Gasteiger partial charge in [-0.2, -0.15) is 0 Å². The van der Waals surface area contributed by atoms with Gasteiger partial charge in [-0.3, -0.25) is 4.79 Å². The number of methoxy groups -OCH3 is 2. The molecule has 9 heteroatoms. The van der Waals surface area contributed by atoms with Gasteiger partial charge in [0.25, 0.3) is 0 Å². The molecule has 1 saturated heterocycles. The Kier molecular flexibility index (Phi) is 17.0. The summed E-state index contributed by atoms with van der Waals surface area (Å²) in [6.07, 6.45) is 14.9. The number of rotatable bonds is 8. The van der Waals surface area contributed by atoms with Gasteiger partial charge in [-0.15, -0.1) is 0 Å². The van der Waals surface area contributed by atoms with Crippen LogP contribution in [0.5, 0.6) is 0 Å². The van der Waals surface area contributed by atoms with E-state index in [4.69, 9.17) is 23.7 Å². The van der Waals surface area contributed by atoms with E-state index in [9.17, 15) is 20.1 Å². The lowest BCUT2D eigenvalue weighted by Crippen LogP contribution is -2.60. The van der Waals surface area contributed by atoms with Crippen LogP contribution in [-0.2, 0) is 28.5 Å². The summed E-state index contributed by atoms with van der Waals surface area (Å²) >= 11 is 0. The molecule has 0 radical (unpaired) electrons. The maximum absolute atomic E-state index is 13.3. The molecule has 0 aromatic rings. The van der Waals surface area contributed by atoms with E-state index in [-0.39, 0.29) is 12.5 Å². The van der Waals surface area contributed by atoms with Crippen molar-refractivity contribution in [2.24, 2.45) is 5.92 Å². The number of esters is 1. The predicted octanol–water partition coefficient (Wildman–Crippen LogP) is 4.49. The molecule has 3 N–H and O–H groups in total. The van der Waals surface area contributed by atoms with Crippen LogP contribution in [0.1, 0.15) is 59.8 Å². The second-order valence-electron chi connectivity index (χ2n) is 11.2. The number of hydrogen-bond donors (Lipinski definition) is 3. The predicted molar refractivity (Wildman–Crippen MR) is 166 cm³/mol. The molecule has 0 amide bonds. The SMILES string of the molecule is C/C=C/C/C(C)=C\[C@H]1C/C=C/C=C/C[C@H](C)/C=C(\C)[C@@H](OC)C/C=C/[C@@H](O[C@@H]2O[C@H](CO)[C@@H](O)[C@H](OC)[C@H]2O)CC(=O)O1. The van der Waals surface area contributed by atoms with Crippen molar-refractivity contribution in [1.29, 1.82) is 0 Å². The van der Waals surface area contributed by atoms with Crippen LogP contribution in [-0.4, -0.2) is 91.1 Å². The van der Waals surface area contributed by atoms with Crippen molar-refractivity contribution >= 4 is 5.97 Å². The van der Waals surface area contributed by atoms with Gasteiger partial charge in [-0.25, -0.2) is 0 Å². The van der Waals surface area contributed by atoms with Crippen molar-refractivity contribution < 1.29 is 43.8 Å². The highest BCUT2D eigenvalue weighted by Crippen LogP contribution is 2.26. The minimum Gasteiger partial charge on any atom is -0.458 e. The lowest BCUT2D eigenvalue weighted by Gasteiger charge is -2.42. The molecule has 9 atom stereocenters. The van der Waals surface area contributed by atoms with Crippen LogP contribution < -0.4 is 0 Å². The maximum Gasteiger partial charge on any atom is 0.309 e. The molecule has 0 aromatic carbocycles. The van der Waals surface area contributed by atoms with E-state index < -0.39 is 55.5 Å². The van der Waals surface area contributed by atoms with Crippen molar-refractivity contribution in [3.05, 3.63) is 71.9 Å². The summed E-state index contributed by atoms with van der Waals surface area (Å²) in [6.45, 7) is 7.66. The van der Waals surface area contributed by atoms with E-state index in [0.717, 1.165) is 24.0 Å². The van der Waals surface area contributed by atoms with E-state index >= 15 is 0 Å². The fourth-order valence-corrected chi connectivity index (χ4v) is 5.11. The third-order valence-electron chi connectivity index (χ3n) is 7.50. The standard InChI is InChI=1S/C34H52O9/c1-7-8-14-24(3)20-26-16-12-10-9-11-15-23(2)19-25(4)28(39-5)18-13-17-27(21-30(36)41-26)42-34-32(38)33(40-6)31(37)29(22-35)43-34/h7-13,17,19-20,23,26-29,31-35,37-38H,14-16,18,21-22H2,1-6H3/b8-7+,11-9+,12-10+,17-13+,24-20-,25-19+/t23-,26+,27+,28-,29+,31+,32+,33-,34+/m0/s1. The van der Waals surface area contributed by atoms with Crippen LogP contribution in [0.2, 0.25) is 0 Å². The Morgan fingerprint density at radius 1 is 1.07 bits per heavy atom. The average molecular weight is 605 g/mol. The van der Waals surface area contributed by atoms with Crippen molar-refractivity contribution in [3.8, 4) is 0 Å². The van der Waals surface area contributed by atoms with Gasteiger partial charge >= 0.3 is 5.97 Å². The van der Waals surface area contributed by atoms with E-state index in [1.54, 1.807) is 13.2 Å². The van der Waals surface area contributed by atoms with Crippen LogP contribution in [0.15, 0.2) is 71.9 Å². The normalized spacial score (nSPS) is 37.5. The molecule has 0 aromatic heterocycles. The molecule has 242 valence electrons. The largest absolute Gasteiger partial charge is 0.458 e. The first-order valence-corrected chi connectivity index (χ1v) is 15.1. The van der Waals surface area contributed by atoms with Crippen LogP contribution in [0.4, 0.5) is 0 Å². The molecular weight excluding hydrogens is 552 g/mol. The Labute approximate surface area is 257 Å². The number of hydrogen-bond acceptors (Lipinski definition) is 9. The number of ether oxygens (including phenoxy) is 5. The Morgan fingerprint density at radius 3 is 2.44 bits per heavy atom. The van der Waals surface area contributed by atoms with Gasteiger partial charge in [0.1, 0.15) is 30.5 Å². The molecule has 0 bridgehead atoms. The highest BCUT2D eigenvalue weighted by Gasteiger charge is 2.46. The molecule has 9 nitrogen and oxygen atoms in total. The molecule has 2 heterocycles.